The average Bonchev–Trinajstić information content (AvgIpc) is 3.41. The molecule has 0 saturated carbocycles. The van der Waals surface area contributed by atoms with Crippen molar-refractivity contribution in [3.8, 4) is 0 Å². The minimum Gasteiger partial charge on any atom is -0.347 e. The van der Waals surface area contributed by atoms with Crippen molar-refractivity contribution in [1.82, 2.24) is 24.8 Å². The smallest absolute Gasteiger partial charge is 0.347 e. The van der Waals surface area contributed by atoms with E-state index in [9.17, 15) is 22.8 Å². The summed E-state index contributed by atoms with van der Waals surface area (Å²) in [5.74, 6) is -0.180. The van der Waals surface area contributed by atoms with Gasteiger partial charge in [0.2, 0.25) is 11.9 Å². The highest BCUT2D eigenvalue weighted by molar-refractivity contribution is 7.22. The van der Waals surface area contributed by atoms with Crippen LogP contribution in [0.1, 0.15) is 35.2 Å². The number of carbonyl (C=O) groups is 2. The molecule has 1 atom stereocenters. The maximum Gasteiger partial charge on any atom is 0.416 e. The van der Waals surface area contributed by atoms with Gasteiger partial charge in [-0.15, -0.1) is 0 Å². The molecule has 0 aliphatic rings. The second-order valence-corrected chi connectivity index (χ2v) is 10.1. The van der Waals surface area contributed by atoms with Gasteiger partial charge >= 0.3 is 6.18 Å². The first kappa shape index (κ1) is 27.3. The van der Waals surface area contributed by atoms with Gasteiger partial charge < -0.3 is 25.8 Å². The summed E-state index contributed by atoms with van der Waals surface area (Å²) in [6.45, 7) is 0.509. The Morgan fingerprint density at radius 2 is 1.87 bits per heavy atom. The maximum absolute atomic E-state index is 13.0. The molecular formula is C25H28F3N7O2S. The van der Waals surface area contributed by atoms with E-state index in [1.807, 2.05) is 0 Å². The van der Waals surface area contributed by atoms with E-state index in [1.165, 1.54) is 11.0 Å². The van der Waals surface area contributed by atoms with Crippen molar-refractivity contribution in [2.24, 2.45) is 12.8 Å². The Kier molecular flexibility index (Phi) is 7.88. The quantitative estimate of drug-likeness (QED) is 0.270. The van der Waals surface area contributed by atoms with Gasteiger partial charge in [0.15, 0.2) is 5.13 Å². The lowest BCUT2D eigenvalue weighted by Crippen LogP contribution is -2.46. The molecule has 0 radical (unpaired) electrons. The highest BCUT2D eigenvalue weighted by Gasteiger charge is 2.31. The van der Waals surface area contributed by atoms with Gasteiger partial charge in [0, 0.05) is 26.7 Å². The van der Waals surface area contributed by atoms with Crippen LogP contribution in [0.25, 0.3) is 21.3 Å². The molecule has 0 saturated heterocycles. The third kappa shape index (κ3) is 5.89. The van der Waals surface area contributed by atoms with E-state index < -0.39 is 23.7 Å². The number of carbonyl (C=O) groups excluding carboxylic acids is 2. The summed E-state index contributed by atoms with van der Waals surface area (Å²) < 4.78 is 41.3. The number of anilines is 2. The van der Waals surface area contributed by atoms with Gasteiger partial charge in [-0.1, -0.05) is 11.3 Å². The van der Waals surface area contributed by atoms with Crippen molar-refractivity contribution >= 4 is 55.5 Å². The number of likely N-dealkylation sites (N-methyl/N-ethyl adjacent to an activating group) is 1. The molecular weight excluding hydrogens is 519 g/mol. The number of nitrogens with two attached hydrogens (primary N) is 1. The molecule has 4 aromatic rings. The monoisotopic (exact) mass is 547 g/mol. The Bertz CT molecular complexity index is 1480. The fourth-order valence-corrected chi connectivity index (χ4v) is 4.91. The van der Waals surface area contributed by atoms with Gasteiger partial charge in [-0.05, 0) is 62.2 Å². The SMILES string of the molecule is CN(C)C(=O)[C@H](CCCCN)NC(=O)c1ccc2c(c1)nc(Nc1nc3ccc(C(F)(F)F)cc3s1)n2C. The number of alkyl halides is 3. The normalized spacial score (nSPS) is 12.6. The van der Waals surface area contributed by atoms with Gasteiger partial charge in [-0.2, -0.15) is 13.2 Å². The maximum atomic E-state index is 13.0. The number of aryl methyl sites for hydroxylation is 1. The average molecular weight is 548 g/mol. The summed E-state index contributed by atoms with van der Waals surface area (Å²) in [5, 5.41) is 6.27. The summed E-state index contributed by atoms with van der Waals surface area (Å²) >= 11 is 1.09. The van der Waals surface area contributed by atoms with Gasteiger partial charge in [0.25, 0.3) is 5.91 Å². The zero-order chi connectivity index (χ0) is 27.6. The number of halogens is 3. The lowest BCUT2D eigenvalue weighted by atomic mass is 10.1. The number of nitrogens with zero attached hydrogens (tertiary/aromatic N) is 4. The number of hydrogen-bond acceptors (Lipinski definition) is 7. The van der Waals surface area contributed by atoms with Crippen LogP contribution >= 0.6 is 11.3 Å². The first-order chi connectivity index (χ1) is 18.0. The molecule has 4 N–H and O–H groups in total. The van der Waals surface area contributed by atoms with Gasteiger partial charge in [0.05, 0.1) is 26.8 Å². The molecule has 202 valence electrons. The number of benzene rings is 2. The molecule has 0 aliphatic carbocycles. The van der Waals surface area contributed by atoms with Crippen LogP contribution in [-0.4, -0.2) is 57.9 Å². The van der Waals surface area contributed by atoms with Crippen molar-refractivity contribution in [1.29, 1.82) is 0 Å². The first-order valence-corrected chi connectivity index (χ1v) is 12.7. The first-order valence-electron chi connectivity index (χ1n) is 11.9. The molecule has 9 nitrogen and oxygen atoms in total. The van der Waals surface area contributed by atoms with Gasteiger partial charge in [-0.3, -0.25) is 9.59 Å². The van der Waals surface area contributed by atoms with Crippen molar-refractivity contribution < 1.29 is 22.8 Å². The molecule has 4 rings (SSSR count). The lowest BCUT2D eigenvalue weighted by molar-refractivity contribution is -0.137. The number of thiazole rings is 1. The predicted molar refractivity (Wildman–Crippen MR) is 141 cm³/mol. The number of unbranched alkanes of at least 4 members (excludes halogenated alkanes) is 1. The molecule has 2 aromatic heterocycles. The molecule has 0 aliphatic heterocycles. The van der Waals surface area contributed by atoms with E-state index in [1.54, 1.807) is 43.9 Å². The second-order valence-electron chi connectivity index (χ2n) is 9.07. The predicted octanol–water partition coefficient (Wildman–Crippen LogP) is 4.26. The third-order valence-electron chi connectivity index (χ3n) is 6.07. The fraction of sp³-hybridized carbons (Fsp3) is 0.360. The molecule has 0 spiro atoms. The number of hydrogen-bond donors (Lipinski definition) is 3. The summed E-state index contributed by atoms with van der Waals surface area (Å²) in [6.07, 6.45) is -2.50. The largest absolute Gasteiger partial charge is 0.416 e. The van der Waals surface area contributed by atoms with Crippen LogP contribution in [0.5, 0.6) is 0 Å². The van der Waals surface area contributed by atoms with Crippen molar-refractivity contribution in [2.45, 2.75) is 31.5 Å². The van der Waals surface area contributed by atoms with Crippen molar-refractivity contribution in [3.05, 3.63) is 47.5 Å². The summed E-state index contributed by atoms with van der Waals surface area (Å²) in [5.41, 5.74) is 6.87. The Hall–Kier alpha value is -3.71. The van der Waals surface area contributed by atoms with E-state index in [0.717, 1.165) is 35.4 Å². The summed E-state index contributed by atoms with van der Waals surface area (Å²) in [7, 11) is 5.05. The second kappa shape index (κ2) is 11.0. The molecule has 13 heteroatoms. The van der Waals surface area contributed by atoms with E-state index in [4.69, 9.17) is 5.73 Å². The summed E-state index contributed by atoms with van der Waals surface area (Å²) in [4.78, 5) is 35.9. The highest BCUT2D eigenvalue weighted by atomic mass is 32.1. The Balaban J connectivity index is 1.55. The number of fused-ring (bicyclic) bond motifs is 2. The molecule has 2 aromatic carbocycles. The van der Waals surface area contributed by atoms with E-state index >= 15 is 0 Å². The number of nitrogens with one attached hydrogen (secondary N) is 2. The van der Waals surface area contributed by atoms with Crippen LogP contribution in [-0.2, 0) is 18.0 Å². The number of rotatable bonds is 9. The summed E-state index contributed by atoms with van der Waals surface area (Å²) in [6, 6.07) is 7.76. The van der Waals surface area contributed by atoms with Crippen LogP contribution in [0.3, 0.4) is 0 Å². The lowest BCUT2D eigenvalue weighted by Gasteiger charge is -2.21. The van der Waals surface area contributed by atoms with Crippen molar-refractivity contribution in [2.75, 3.05) is 26.0 Å². The van der Waals surface area contributed by atoms with Crippen LogP contribution in [0, 0.1) is 0 Å². The third-order valence-corrected chi connectivity index (χ3v) is 7.00. The van der Waals surface area contributed by atoms with Gasteiger partial charge in [0.1, 0.15) is 6.04 Å². The number of amides is 2. The molecule has 2 heterocycles. The molecule has 0 fully saturated rings. The fourth-order valence-electron chi connectivity index (χ4n) is 4.01. The molecule has 2 amide bonds. The van der Waals surface area contributed by atoms with Crippen LogP contribution in [0.15, 0.2) is 36.4 Å². The van der Waals surface area contributed by atoms with Crippen molar-refractivity contribution in [3.63, 3.8) is 0 Å². The minimum atomic E-state index is -4.43. The standard InChI is InChI=1S/C25H28F3N7O2S/c1-34(2)22(37)17(6-4-5-11-29)30-21(36)14-7-10-19-18(12-14)31-23(35(19)3)33-24-32-16-9-8-15(25(26,27)28)13-20(16)38-24/h7-10,12-13,17H,4-6,11,29H2,1-3H3,(H,30,36)(H,31,32,33)/t17-/m0/s1. The molecule has 0 bridgehead atoms. The van der Waals surface area contributed by atoms with Gasteiger partial charge in [-0.25, -0.2) is 9.97 Å². The van der Waals surface area contributed by atoms with Crippen LogP contribution in [0.2, 0.25) is 0 Å². The Labute approximate surface area is 220 Å². The van der Waals surface area contributed by atoms with E-state index in [2.05, 4.69) is 20.6 Å². The zero-order valence-corrected chi connectivity index (χ0v) is 21.9. The van der Waals surface area contributed by atoms with Crippen LogP contribution < -0.4 is 16.4 Å². The molecule has 0 unspecified atom stereocenters. The number of aromatic nitrogens is 3. The Morgan fingerprint density at radius 1 is 1.11 bits per heavy atom. The van der Waals surface area contributed by atoms with E-state index in [0.29, 0.717) is 51.8 Å². The van der Waals surface area contributed by atoms with E-state index in [-0.39, 0.29) is 5.91 Å². The van der Waals surface area contributed by atoms with Crippen LogP contribution in [0.4, 0.5) is 24.3 Å². The molecule has 38 heavy (non-hydrogen) atoms. The number of imidazole rings is 1. The minimum absolute atomic E-state index is 0.195. The topological polar surface area (TPSA) is 118 Å². The Morgan fingerprint density at radius 3 is 2.55 bits per heavy atom. The highest BCUT2D eigenvalue weighted by Crippen LogP contribution is 2.35. The zero-order valence-electron chi connectivity index (χ0n) is 21.1.